The van der Waals surface area contributed by atoms with E-state index in [0.29, 0.717) is 17.8 Å². The Morgan fingerprint density at radius 1 is 1.30 bits per heavy atom. The standard InChI is InChI=1S/C15H22N4O/c1-15(2,20)11-18-5-7-19(8-6-18)13-3-4-14(17)12(9-13)10-16/h3-4,9,20H,5-8,11,17H2,1-2H3. The Morgan fingerprint density at radius 3 is 2.50 bits per heavy atom. The lowest BCUT2D eigenvalue weighted by molar-refractivity contribution is 0.0345. The number of hydrogen-bond acceptors (Lipinski definition) is 5. The average molecular weight is 274 g/mol. The Morgan fingerprint density at radius 2 is 1.95 bits per heavy atom. The molecular formula is C15H22N4O. The molecule has 5 nitrogen and oxygen atoms in total. The molecule has 0 saturated carbocycles. The SMILES string of the molecule is CC(C)(O)CN1CCN(c2ccc(N)c(C#N)c2)CC1. The van der Waals surface area contributed by atoms with E-state index in [2.05, 4.69) is 15.9 Å². The third kappa shape index (κ3) is 3.62. The maximum Gasteiger partial charge on any atom is 0.101 e. The van der Waals surface area contributed by atoms with E-state index in [-0.39, 0.29) is 0 Å². The average Bonchev–Trinajstić information content (AvgIpc) is 2.38. The van der Waals surface area contributed by atoms with E-state index in [1.165, 1.54) is 0 Å². The summed E-state index contributed by atoms with van der Waals surface area (Å²) in [5, 5.41) is 18.9. The lowest BCUT2D eigenvalue weighted by atomic mass is 10.1. The highest BCUT2D eigenvalue weighted by Crippen LogP contribution is 2.22. The molecule has 0 aromatic heterocycles. The zero-order valence-electron chi connectivity index (χ0n) is 12.1. The monoisotopic (exact) mass is 274 g/mol. The Labute approximate surface area is 120 Å². The minimum Gasteiger partial charge on any atom is -0.398 e. The third-order valence-electron chi connectivity index (χ3n) is 3.51. The highest BCUT2D eigenvalue weighted by Gasteiger charge is 2.23. The Hall–Kier alpha value is -1.77. The minimum atomic E-state index is -0.655. The van der Waals surface area contributed by atoms with Gasteiger partial charge in [-0.25, -0.2) is 0 Å². The molecule has 1 aliphatic heterocycles. The molecule has 0 atom stereocenters. The molecule has 2 rings (SSSR count). The number of hydrogen-bond donors (Lipinski definition) is 2. The fraction of sp³-hybridized carbons (Fsp3) is 0.533. The largest absolute Gasteiger partial charge is 0.398 e. The van der Waals surface area contributed by atoms with Gasteiger partial charge >= 0.3 is 0 Å². The Bertz CT molecular complexity index is 508. The summed E-state index contributed by atoms with van der Waals surface area (Å²) < 4.78 is 0. The second kappa shape index (κ2) is 5.70. The molecule has 1 aromatic carbocycles. The first-order valence-corrected chi connectivity index (χ1v) is 6.88. The predicted molar refractivity (Wildman–Crippen MR) is 80.5 cm³/mol. The number of aliphatic hydroxyl groups is 1. The van der Waals surface area contributed by atoms with Gasteiger partial charge in [0, 0.05) is 44.1 Å². The second-order valence-corrected chi connectivity index (χ2v) is 5.96. The lowest BCUT2D eigenvalue weighted by Gasteiger charge is -2.38. The van der Waals surface area contributed by atoms with Crippen LogP contribution in [0.15, 0.2) is 18.2 Å². The molecule has 1 saturated heterocycles. The highest BCUT2D eigenvalue weighted by molar-refractivity contribution is 5.62. The van der Waals surface area contributed by atoms with Crippen LogP contribution < -0.4 is 10.6 Å². The summed E-state index contributed by atoms with van der Waals surface area (Å²) in [5.74, 6) is 0. The van der Waals surface area contributed by atoms with Gasteiger partial charge in [0.05, 0.1) is 11.2 Å². The van der Waals surface area contributed by atoms with Gasteiger partial charge in [-0.05, 0) is 32.0 Å². The molecule has 1 heterocycles. The maximum atomic E-state index is 9.85. The minimum absolute atomic E-state index is 0.525. The fourth-order valence-electron chi connectivity index (χ4n) is 2.55. The Kier molecular flexibility index (Phi) is 4.17. The summed E-state index contributed by atoms with van der Waals surface area (Å²) >= 11 is 0. The van der Waals surface area contributed by atoms with Crippen molar-refractivity contribution in [1.82, 2.24) is 4.90 Å². The van der Waals surface area contributed by atoms with Crippen molar-refractivity contribution in [3.8, 4) is 6.07 Å². The topological polar surface area (TPSA) is 76.5 Å². The van der Waals surface area contributed by atoms with Crippen LogP contribution in [0.2, 0.25) is 0 Å². The molecular weight excluding hydrogens is 252 g/mol. The van der Waals surface area contributed by atoms with E-state index in [0.717, 1.165) is 31.9 Å². The van der Waals surface area contributed by atoms with E-state index < -0.39 is 5.60 Å². The van der Waals surface area contributed by atoms with Crippen LogP contribution in [0.25, 0.3) is 0 Å². The van der Waals surface area contributed by atoms with Crippen molar-refractivity contribution in [2.24, 2.45) is 0 Å². The van der Waals surface area contributed by atoms with Crippen LogP contribution in [0.1, 0.15) is 19.4 Å². The molecule has 108 valence electrons. The van der Waals surface area contributed by atoms with Crippen LogP contribution in [0, 0.1) is 11.3 Å². The van der Waals surface area contributed by atoms with Crippen molar-refractivity contribution in [1.29, 1.82) is 5.26 Å². The molecule has 1 aromatic rings. The molecule has 0 aliphatic carbocycles. The number of rotatable bonds is 3. The van der Waals surface area contributed by atoms with Crippen LogP contribution >= 0.6 is 0 Å². The number of benzene rings is 1. The highest BCUT2D eigenvalue weighted by atomic mass is 16.3. The summed E-state index contributed by atoms with van der Waals surface area (Å²) in [6.07, 6.45) is 0. The third-order valence-corrected chi connectivity index (χ3v) is 3.51. The number of nitrogens with zero attached hydrogens (tertiary/aromatic N) is 3. The number of anilines is 2. The molecule has 0 bridgehead atoms. The van der Waals surface area contributed by atoms with Crippen LogP contribution in [0.4, 0.5) is 11.4 Å². The van der Waals surface area contributed by atoms with E-state index in [1.807, 2.05) is 26.0 Å². The zero-order chi connectivity index (χ0) is 14.8. The quantitative estimate of drug-likeness (QED) is 0.805. The molecule has 1 fully saturated rings. The van der Waals surface area contributed by atoms with Crippen LogP contribution in [-0.2, 0) is 0 Å². The van der Waals surface area contributed by atoms with Crippen molar-refractivity contribution in [2.75, 3.05) is 43.4 Å². The van der Waals surface area contributed by atoms with Gasteiger partial charge in [-0.1, -0.05) is 0 Å². The molecule has 0 unspecified atom stereocenters. The predicted octanol–water partition coefficient (Wildman–Crippen LogP) is 1.03. The first kappa shape index (κ1) is 14.6. The lowest BCUT2D eigenvalue weighted by Crippen LogP contribution is -2.50. The van der Waals surface area contributed by atoms with Crippen molar-refractivity contribution in [3.63, 3.8) is 0 Å². The first-order chi connectivity index (χ1) is 9.39. The van der Waals surface area contributed by atoms with Crippen molar-refractivity contribution < 1.29 is 5.11 Å². The molecule has 1 aliphatic rings. The number of β-amino-alcohol motifs (C(OH)–C–C–N with tert-alkyl or cyclic N) is 1. The smallest absolute Gasteiger partial charge is 0.101 e. The molecule has 3 N–H and O–H groups in total. The number of nitriles is 1. The van der Waals surface area contributed by atoms with Gasteiger partial charge < -0.3 is 15.7 Å². The first-order valence-electron chi connectivity index (χ1n) is 6.88. The van der Waals surface area contributed by atoms with Gasteiger partial charge in [0.2, 0.25) is 0 Å². The van der Waals surface area contributed by atoms with Gasteiger partial charge in [-0.15, -0.1) is 0 Å². The fourth-order valence-corrected chi connectivity index (χ4v) is 2.55. The van der Waals surface area contributed by atoms with Gasteiger partial charge in [-0.2, -0.15) is 5.26 Å². The summed E-state index contributed by atoms with van der Waals surface area (Å²) in [5.41, 5.74) is 7.18. The Balaban J connectivity index is 1.99. The molecule has 0 amide bonds. The summed E-state index contributed by atoms with van der Waals surface area (Å²) in [6.45, 7) is 7.96. The van der Waals surface area contributed by atoms with Crippen LogP contribution in [0.5, 0.6) is 0 Å². The van der Waals surface area contributed by atoms with Crippen molar-refractivity contribution >= 4 is 11.4 Å². The van der Waals surface area contributed by atoms with E-state index >= 15 is 0 Å². The molecule has 5 heteroatoms. The van der Waals surface area contributed by atoms with Crippen LogP contribution in [-0.4, -0.2) is 48.3 Å². The summed E-state index contributed by atoms with van der Waals surface area (Å²) in [6, 6.07) is 7.72. The van der Waals surface area contributed by atoms with Gasteiger partial charge in [0.1, 0.15) is 6.07 Å². The number of piperazine rings is 1. The normalized spacial score (nSPS) is 17.0. The van der Waals surface area contributed by atoms with E-state index in [9.17, 15) is 5.11 Å². The van der Waals surface area contributed by atoms with E-state index in [4.69, 9.17) is 11.0 Å². The molecule has 0 spiro atoms. The van der Waals surface area contributed by atoms with E-state index in [1.54, 1.807) is 6.07 Å². The molecule has 0 radical (unpaired) electrons. The summed E-state index contributed by atoms with van der Waals surface area (Å²) in [4.78, 5) is 4.51. The van der Waals surface area contributed by atoms with Gasteiger partial charge in [0.15, 0.2) is 0 Å². The number of nitrogens with two attached hydrogens (primary N) is 1. The van der Waals surface area contributed by atoms with Gasteiger partial charge in [-0.3, -0.25) is 4.90 Å². The van der Waals surface area contributed by atoms with Crippen LogP contribution in [0.3, 0.4) is 0 Å². The second-order valence-electron chi connectivity index (χ2n) is 5.96. The van der Waals surface area contributed by atoms with Gasteiger partial charge in [0.25, 0.3) is 0 Å². The zero-order valence-corrected chi connectivity index (χ0v) is 12.1. The maximum absolute atomic E-state index is 9.85. The molecule has 20 heavy (non-hydrogen) atoms. The van der Waals surface area contributed by atoms with Crippen molar-refractivity contribution in [2.45, 2.75) is 19.4 Å². The number of nitrogen functional groups attached to an aromatic ring is 1. The summed E-state index contributed by atoms with van der Waals surface area (Å²) in [7, 11) is 0. The van der Waals surface area contributed by atoms with Crippen molar-refractivity contribution in [3.05, 3.63) is 23.8 Å².